The fraction of sp³-hybridized carbons (Fsp3) is 0.357. The normalized spacial score (nSPS) is 12.4. The molecule has 20 heavy (non-hydrogen) atoms. The van der Waals surface area contributed by atoms with Crippen molar-refractivity contribution in [2.45, 2.75) is 25.1 Å². The van der Waals surface area contributed by atoms with Crippen LogP contribution in [0.5, 0.6) is 5.75 Å². The topological polar surface area (TPSA) is 61.3 Å². The summed E-state index contributed by atoms with van der Waals surface area (Å²) in [7, 11) is 1.43. The second-order valence-corrected chi connectivity index (χ2v) is 5.40. The molecule has 6 heteroatoms. The summed E-state index contributed by atoms with van der Waals surface area (Å²) in [5, 5.41) is 0.587. The first-order valence-corrected chi connectivity index (χ1v) is 7.15. The van der Waals surface area contributed by atoms with Crippen LogP contribution in [0.1, 0.15) is 23.1 Å². The van der Waals surface area contributed by atoms with Crippen LogP contribution in [0, 0.1) is 19.7 Å². The highest BCUT2D eigenvalue weighted by Crippen LogP contribution is 2.26. The summed E-state index contributed by atoms with van der Waals surface area (Å²) in [5.41, 5.74) is 7.64. The Morgan fingerprint density at radius 3 is 2.75 bits per heavy atom. The maximum Gasteiger partial charge on any atom is 0.256 e. The Kier molecular flexibility index (Phi) is 4.67. The Labute approximate surface area is 121 Å². The van der Waals surface area contributed by atoms with Crippen molar-refractivity contribution in [3.05, 3.63) is 41.0 Å². The van der Waals surface area contributed by atoms with Crippen LogP contribution in [-0.2, 0) is 0 Å². The SMILES string of the molecule is COc1ccc(C(N)CSc2nc(C)c(C)o2)cc1F. The Hall–Kier alpha value is -1.53. The van der Waals surface area contributed by atoms with E-state index in [1.54, 1.807) is 12.1 Å². The van der Waals surface area contributed by atoms with Crippen LogP contribution in [0.2, 0.25) is 0 Å². The molecule has 0 fully saturated rings. The van der Waals surface area contributed by atoms with Crippen molar-refractivity contribution in [2.24, 2.45) is 5.73 Å². The largest absolute Gasteiger partial charge is 0.494 e. The standard InChI is InChI=1S/C14H17FN2O2S/c1-8-9(2)19-14(17-8)20-7-12(16)10-4-5-13(18-3)11(15)6-10/h4-6,12H,7,16H2,1-3H3. The average Bonchev–Trinajstić information content (AvgIpc) is 2.75. The van der Waals surface area contributed by atoms with Gasteiger partial charge < -0.3 is 14.9 Å². The first-order chi connectivity index (χ1) is 9.51. The number of rotatable bonds is 5. The zero-order valence-electron chi connectivity index (χ0n) is 11.6. The monoisotopic (exact) mass is 296 g/mol. The Balaban J connectivity index is 2.01. The number of aromatic nitrogens is 1. The van der Waals surface area contributed by atoms with Crippen molar-refractivity contribution in [3.8, 4) is 5.75 Å². The van der Waals surface area contributed by atoms with Crippen LogP contribution in [0.3, 0.4) is 0 Å². The average molecular weight is 296 g/mol. The highest BCUT2D eigenvalue weighted by atomic mass is 32.2. The van der Waals surface area contributed by atoms with Gasteiger partial charge in [0.05, 0.1) is 12.8 Å². The van der Waals surface area contributed by atoms with E-state index >= 15 is 0 Å². The number of thioether (sulfide) groups is 1. The highest BCUT2D eigenvalue weighted by molar-refractivity contribution is 7.99. The molecule has 0 bridgehead atoms. The van der Waals surface area contributed by atoms with Crippen LogP contribution < -0.4 is 10.5 Å². The van der Waals surface area contributed by atoms with Crippen LogP contribution in [-0.4, -0.2) is 17.8 Å². The summed E-state index contributed by atoms with van der Waals surface area (Å²) in [6, 6.07) is 4.44. The van der Waals surface area contributed by atoms with E-state index in [4.69, 9.17) is 14.9 Å². The molecule has 1 aromatic heterocycles. The summed E-state index contributed by atoms with van der Waals surface area (Å²) in [6.45, 7) is 3.76. The molecule has 4 nitrogen and oxygen atoms in total. The van der Waals surface area contributed by atoms with Gasteiger partial charge in [-0.15, -0.1) is 0 Å². The molecule has 2 rings (SSSR count). The molecule has 0 aliphatic carbocycles. The number of aryl methyl sites for hydroxylation is 2. The van der Waals surface area contributed by atoms with Crippen molar-refractivity contribution in [3.63, 3.8) is 0 Å². The van der Waals surface area contributed by atoms with Gasteiger partial charge in [0, 0.05) is 11.8 Å². The van der Waals surface area contributed by atoms with Gasteiger partial charge in [-0.25, -0.2) is 9.37 Å². The predicted molar refractivity (Wildman–Crippen MR) is 76.6 cm³/mol. The molecular formula is C14H17FN2O2S. The fourth-order valence-corrected chi connectivity index (χ4v) is 2.58. The van der Waals surface area contributed by atoms with E-state index in [0.717, 1.165) is 17.0 Å². The zero-order chi connectivity index (χ0) is 14.7. The summed E-state index contributed by atoms with van der Waals surface area (Å²) in [5.74, 6) is 1.17. The van der Waals surface area contributed by atoms with Crippen molar-refractivity contribution in [2.75, 3.05) is 12.9 Å². The number of hydrogen-bond donors (Lipinski definition) is 1. The highest BCUT2D eigenvalue weighted by Gasteiger charge is 2.13. The number of benzene rings is 1. The van der Waals surface area contributed by atoms with E-state index < -0.39 is 5.82 Å². The fourth-order valence-electron chi connectivity index (χ4n) is 1.68. The van der Waals surface area contributed by atoms with Crippen LogP contribution in [0.4, 0.5) is 4.39 Å². The van der Waals surface area contributed by atoms with Crippen molar-refractivity contribution in [1.82, 2.24) is 4.98 Å². The lowest BCUT2D eigenvalue weighted by Gasteiger charge is -2.11. The molecule has 1 atom stereocenters. The molecule has 0 spiro atoms. The minimum Gasteiger partial charge on any atom is -0.494 e. The van der Waals surface area contributed by atoms with Crippen LogP contribution >= 0.6 is 11.8 Å². The van der Waals surface area contributed by atoms with Gasteiger partial charge in [-0.1, -0.05) is 17.8 Å². The number of hydrogen-bond acceptors (Lipinski definition) is 5. The molecular weight excluding hydrogens is 279 g/mol. The first kappa shape index (κ1) is 14.9. The Bertz CT molecular complexity index is 581. The molecule has 1 heterocycles. The van der Waals surface area contributed by atoms with E-state index in [9.17, 15) is 4.39 Å². The zero-order valence-corrected chi connectivity index (χ0v) is 12.5. The van der Waals surface area contributed by atoms with Crippen molar-refractivity contribution >= 4 is 11.8 Å². The summed E-state index contributed by atoms with van der Waals surface area (Å²) >= 11 is 1.42. The molecule has 1 unspecified atom stereocenters. The third-order valence-electron chi connectivity index (χ3n) is 3.00. The number of oxazole rings is 1. The molecule has 1 aromatic carbocycles. The van der Waals surface area contributed by atoms with Gasteiger partial charge in [0.25, 0.3) is 5.22 Å². The third kappa shape index (κ3) is 3.32. The second kappa shape index (κ2) is 6.28. The van der Waals surface area contributed by atoms with Crippen LogP contribution in [0.15, 0.2) is 27.8 Å². The summed E-state index contributed by atoms with van der Waals surface area (Å²) in [4.78, 5) is 4.27. The van der Waals surface area contributed by atoms with E-state index in [-0.39, 0.29) is 11.8 Å². The minimum absolute atomic E-state index is 0.215. The third-order valence-corrected chi connectivity index (χ3v) is 3.95. The van der Waals surface area contributed by atoms with E-state index in [1.165, 1.54) is 24.9 Å². The number of nitrogens with two attached hydrogens (primary N) is 1. The summed E-state index contributed by atoms with van der Waals surface area (Å²) in [6.07, 6.45) is 0. The predicted octanol–water partition coefficient (Wildman–Crippen LogP) is 3.23. The van der Waals surface area contributed by atoms with E-state index in [0.29, 0.717) is 11.0 Å². The van der Waals surface area contributed by atoms with Crippen LogP contribution in [0.25, 0.3) is 0 Å². The lowest BCUT2D eigenvalue weighted by Crippen LogP contribution is -2.13. The van der Waals surface area contributed by atoms with Crippen molar-refractivity contribution < 1.29 is 13.5 Å². The van der Waals surface area contributed by atoms with Gasteiger partial charge in [-0.05, 0) is 31.5 Å². The molecule has 0 amide bonds. The molecule has 2 N–H and O–H groups in total. The van der Waals surface area contributed by atoms with E-state index in [2.05, 4.69) is 4.98 Å². The molecule has 2 aromatic rings. The first-order valence-electron chi connectivity index (χ1n) is 6.17. The number of methoxy groups -OCH3 is 1. The van der Waals surface area contributed by atoms with E-state index in [1.807, 2.05) is 13.8 Å². The maximum atomic E-state index is 13.6. The maximum absolute atomic E-state index is 13.6. The molecule has 0 saturated carbocycles. The smallest absolute Gasteiger partial charge is 0.256 e. The molecule has 0 aliphatic rings. The van der Waals surface area contributed by atoms with Crippen molar-refractivity contribution in [1.29, 1.82) is 0 Å². The quantitative estimate of drug-likeness (QED) is 0.858. The summed E-state index contributed by atoms with van der Waals surface area (Å²) < 4.78 is 24.0. The molecule has 108 valence electrons. The molecule has 0 saturated heterocycles. The molecule has 0 aliphatic heterocycles. The van der Waals surface area contributed by atoms with Gasteiger partial charge in [0.15, 0.2) is 11.6 Å². The number of ether oxygens (including phenoxy) is 1. The van der Waals surface area contributed by atoms with Gasteiger partial charge >= 0.3 is 0 Å². The lowest BCUT2D eigenvalue weighted by atomic mass is 10.1. The molecule has 0 radical (unpaired) electrons. The van der Waals surface area contributed by atoms with Gasteiger partial charge in [0.1, 0.15) is 5.76 Å². The Morgan fingerprint density at radius 2 is 2.20 bits per heavy atom. The number of nitrogens with zero attached hydrogens (tertiary/aromatic N) is 1. The Morgan fingerprint density at radius 1 is 1.45 bits per heavy atom. The van der Waals surface area contributed by atoms with Gasteiger partial charge in [-0.2, -0.15) is 0 Å². The second-order valence-electron chi connectivity index (χ2n) is 4.43. The van der Waals surface area contributed by atoms with Gasteiger partial charge in [-0.3, -0.25) is 0 Å². The lowest BCUT2D eigenvalue weighted by molar-refractivity contribution is 0.386. The minimum atomic E-state index is -0.409. The number of halogens is 1. The van der Waals surface area contributed by atoms with Gasteiger partial charge in [0.2, 0.25) is 0 Å².